The number of ether oxygens (including phenoxy) is 1. The molecule has 7 heteroatoms. The Bertz CT molecular complexity index is 1090. The summed E-state index contributed by atoms with van der Waals surface area (Å²) in [6.45, 7) is 3.32. The zero-order valence-corrected chi connectivity index (χ0v) is 16.0. The minimum Gasteiger partial charge on any atom is -0.481 e. The van der Waals surface area contributed by atoms with E-state index in [1.54, 1.807) is 31.2 Å². The van der Waals surface area contributed by atoms with Crippen molar-refractivity contribution in [3.05, 3.63) is 76.1 Å². The summed E-state index contributed by atoms with van der Waals surface area (Å²) < 4.78 is 10.8. The second-order valence-corrected chi connectivity index (χ2v) is 6.76. The maximum Gasteiger partial charge on any atom is 0.336 e. The monoisotopic (exact) mass is 395 g/mol. The molecule has 3 aromatic rings. The first-order chi connectivity index (χ1) is 13.8. The Labute approximate surface area is 166 Å². The average Bonchev–Trinajstić information content (AvgIpc) is 2.67. The van der Waals surface area contributed by atoms with Gasteiger partial charge in [0.2, 0.25) is 0 Å². The lowest BCUT2D eigenvalue weighted by atomic mass is 10.1. The van der Waals surface area contributed by atoms with Crippen molar-refractivity contribution in [1.82, 2.24) is 5.32 Å². The number of hydrogen-bond acceptors (Lipinski definition) is 5. The van der Waals surface area contributed by atoms with Crippen LogP contribution in [0.3, 0.4) is 0 Å². The van der Waals surface area contributed by atoms with Gasteiger partial charge in [0.1, 0.15) is 17.4 Å². The third kappa shape index (κ3) is 5.01. The topological polar surface area (TPSA) is 106 Å². The fourth-order valence-corrected chi connectivity index (χ4v) is 2.98. The second-order valence-electron chi connectivity index (χ2n) is 6.76. The molecule has 0 aliphatic heterocycles. The van der Waals surface area contributed by atoms with Crippen LogP contribution in [0.5, 0.6) is 5.75 Å². The van der Waals surface area contributed by atoms with Gasteiger partial charge in [0.25, 0.3) is 5.91 Å². The molecular formula is C22H21NO6. The molecule has 0 saturated heterocycles. The van der Waals surface area contributed by atoms with Crippen molar-refractivity contribution in [1.29, 1.82) is 0 Å². The van der Waals surface area contributed by atoms with Crippen molar-refractivity contribution in [2.24, 2.45) is 0 Å². The van der Waals surface area contributed by atoms with Crippen molar-refractivity contribution < 1.29 is 23.8 Å². The van der Waals surface area contributed by atoms with Crippen molar-refractivity contribution in [2.75, 3.05) is 0 Å². The van der Waals surface area contributed by atoms with Crippen LogP contribution in [-0.2, 0) is 16.0 Å². The maximum atomic E-state index is 12.5. The van der Waals surface area contributed by atoms with Gasteiger partial charge in [-0.05, 0) is 37.1 Å². The number of fused-ring (bicyclic) bond motifs is 1. The number of nitrogens with one attached hydrogen (secondary N) is 1. The quantitative estimate of drug-likeness (QED) is 0.596. The highest BCUT2D eigenvalue weighted by Gasteiger charge is 2.24. The fraction of sp³-hybridized carbons (Fsp3) is 0.227. The van der Waals surface area contributed by atoms with Gasteiger partial charge in [-0.2, -0.15) is 0 Å². The Morgan fingerprint density at radius 1 is 1.14 bits per heavy atom. The van der Waals surface area contributed by atoms with Crippen LogP contribution >= 0.6 is 0 Å². The first-order valence-electron chi connectivity index (χ1n) is 9.12. The summed E-state index contributed by atoms with van der Waals surface area (Å²) in [4.78, 5) is 35.5. The lowest BCUT2D eigenvalue weighted by Gasteiger charge is -2.19. The van der Waals surface area contributed by atoms with E-state index in [1.807, 2.05) is 18.2 Å². The minimum atomic E-state index is -1.13. The van der Waals surface area contributed by atoms with Crippen molar-refractivity contribution in [3.8, 4) is 5.75 Å². The molecule has 3 rings (SSSR count). The summed E-state index contributed by atoms with van der Waals surface area (Å²) in [5, 5.41) is 12.7. The molecule has 0 spiro atoms. The largest absolute Gasteiger partial charge is 0.481 e. The first-order valence-corrected chi connectivity index (χ1v) is 9.12. The van der Waals surface area contributed by atoms with E-state index in [4.69, 9.17) is 9.15 Å². The van der Waals surface area contributed by atoms with Gasteiger partial charge < -0.3 is 19.6 Å². The molecule has 0 bridgehead atoms. The Morgan fingerprint density at radius 3 is 2.55 bits per heavy atom. The van der Waals surface area contributed by atoms with E-state index in [1.165, 1.54) is 19.1 Å². The number of amides is 1. The molecule has 1 heterocycles. The van der Waals surface area contributed by atoms with E-state index in [2.05, 4.69) is 5.32 Å². The molecule has 7 nitrogen and oxygen atoms in total. The standard InChI is InChI=1S/C22H21NO6/c1-13-10-20(24)29-19-12-16(8-9-17(13)19)28-14(2)21(25)23-18(22(26)27)11-15-6-4-3-5-7-15/h3-10,12,14,18H,11H2,1-2H3,(H,23,25)(H,26,27)/t14?,18-/m0/s1. The Hall–Kier alpha value is -3.61. The van der Waals surface area contributed by atoms with E-state index in [9.17, 15) is 19.5 Å². The number of carbonyl (C=O) groups excluding carboxylic acids is 1. The van der Waals surface area contributed by atoms with Gasteiger partial charge in [0, 0.05) is 23.9 Å². The highest BCUT2D eigenvalue weighted by atomic mass is 16.5. The maximum absolute atomic E-state index is 12.5. The number of carboxylic acids is 1. The van der Waals surface area contributed by atoms with Crippen LogP contribution in [0, 0.1) is 6.92 Å². The van der Waals surface area contributed by atoms with Crippen LogP contribution < -0.4 is 15.7 Å². The lowest BCUT2D eigenvalue weighted by Crippen LogP contribution is -2.47. The normalized spacial score (nSPS) is 12.9. The van der Waals surface area contributed by atoms with Crippen LogP contribution in [0.15, 0.2) is 63.8 Å². The number of rotatable bonds is 7. The summed E-state index contributed by atoms with van der Waals surface area (Å²) in [6, 6.07) is 14.3. The summed E-state index contributed by atoms with van der Waals surface area (Å²) in [5.74, 6) is -1.35. The summed E-state index contributed by atoms with van der Waals surface area (Å²) in [7, 11) is 0. The van der Waals surface area contributed by atoms with E-state index in [-0.39, 0.29) is 6.42 Å². The molecule has 2 aromatic carbocycles. The van der Waals surface area contributed by atoms with Crippen LogP contribution in [0.4, 0.5) is 0 Å². The number of carbonyl (C=O) groups is 2. The molecule has 0 radical (unpaired) electrons. The smallest absolute Gasteiger partial charge is 0.336 e. The van der Waals surface area contributed by atoms with Gasteiger partial charge in [0.05, 0.1) is 0 Å². The summed E-state index contributed by atoms with van der Waals surface area (Å²) in [6.07, 6.45) is -0.781. The van der Waals surface area contributed by atoms with Crippen molar-refractivity contribution in [2.45, 2.75) is 32.4 Å². The molecule has 150 valence electrons. The Morgan fingerprint density at radius 2 is 1.86 bits per heavy atom. The number of benzene rings is 2. The molecule has 1 aromatic heterocycles. The van der Waals surface area contributed by atoms with E-state index < -0.39 is 29.6 Å². The predicted octanol–water partition coefficient (Wildman–Crippen LogP) is 2.68. The average molecular weight is 395 g/mol. The van der Waals surface area contributed by atoms with Crippen molar-refractivity contribution >= 4 is 22.8 Å². The lowest BCUT2D eigenvalue weighted by molar-refractivity contribution is -0.142. The minimum absolute atomic E-state index is 0.162. The van der Waals surface area contributed by atoms with Gasteiger partial charge in [-0.15, -0.1) is 0 Å². The van der Waals surface area contributed by atoms with Gasteiger partial charge in [-0.3, -0.25) is 4.79 Å². The fourth-order valence-electron chi connectivity index (χ4n) is 2.98. The highest BCUT2D eigenvalue weighted by Crippen LogP contribution is 2.23. The molecule has 1 unspecified atom stereocenters. The molecule has 2 N–H and O–H groups in total. The Balaban J connectivity index is 1.70. The van der Waals surface area contributed by atoms with Crippen LogP contribution in [0.2, 0.25) is 0 Å². The van der Waals surface area contributed by atoms with Gasteiger partial charge in [-0.1, -0.05) is 30.3 Å². The molecule has 0 aliphatic carbocycles. The highest BCUT2D eigenvalue weighted by molar-refractivity contribution is 5.86. The van der Waals surface area contributed by atoms with Crippen molar-refractivity contribution in [3.63, 3.8) is 0 Å². The SMILES string of the molecule is Cc1cc(=O)oc2cc(OC(C)C(=O)N[C@@H](Cc3ccccc3)C(=O)O)ccc12. The molecule has 0 fully saturated rings. The molecule has 2 atom stereocenters. The van der Waals surface area contributed by atoms with Crippen LogP contribution in [-0.4, -0.2) is 29.1 Å². The third-order valence-electron chi connectivity index (χ3n) is 4.50. The molecule has 29 heavy (non-hydrogen) atoms. The second kappa shape index (κ2) is 8.60. The zero-order chi connectivity index (χ0) is 21.0. The predicted molar refractivity (Wildman–Crippen MR) is 107 cm³/mol. The number of hydrogen-bond donors (Lipinski definition) is 2. The molecule has 1 amide bonds. The molecule has 0 aliphatic rings. The number of carboxylic acid groups (broad SMARTS) is 1. The zero-order valence-electron chi connectivity index (χ0n) is 16.0. The Kier molecular flexibility index (Phi) is 5.97. The number of aliphatic carboxylic acids is 1. The van der Waals surface area contributed by atoms with Gasteiger partial charge >= 0.3 is 11.6 Å². The molecule has 0 saturated carbocycles. The van der Waals surface area contributed by atoms with Gasteiger partial charge in [0.15, 0.2) is 6.10 Å². The van der Waals surface area contributed by atoms with E-state index in [0.29, 0.717) is 11.3 Å². The van der Waals surface area contributed by atoms with E-state index >= 15 is 0 Å². The third-order valence-corrected chi connectivity index (χ3v) is 4.50. The summed E-state index contributed by atoms with van der Waals surface area (Å²) in [5.41, 5.74) is 1.46. The summed E-state index contributed by atoms with van der Waals surface area (Å²) >= 11 is 0. The number of aryl methyl sites for hydroxylation is 1. The van der Waals surface area contributed by atoms with E-state index in [0.717, 1.165) is 16.5 Å². The van der Waals surface area contributed by atoms with Gasteiger partial charge in [-0.25, -0.2) is 9.59 Å². The van der Waals surface area contributed by atoms with Crippen LogP contribution in [0.1, 0.15) is 18.1 Å². The molecular weight excluding hydrogens is 374 g/mol. The first kappa shape index (κ1) is 20.1. The van der Waals surface area contributed by atoms with Crippen LogP contribution in [0.25, 0.3) is 11.0 Å².